The second-order valence-corrected chi connectivity index (χ2v) is 4.08. The van der Waals surface area contributed by atoms with Crippen LogP contribution in [-0.2, 0) is 0 Å². The Bertz CT molecular complexity index is 558. The summed E-state index contributed by atoms with van der Waals surface area (Å²) in [5.41, 5.74) is 1.51. The van der Waals surface area contributed by atoms with Gasteiger partial charge >= 0.3 is 6.09 Å². The predicted molar refractivity (Wildman–Crippen MR) is 70.1 cm³/mol. The summed E-state index contributed by atoms with van der Waals surface area (Å²) in [6.45, 7) is 1.87. The third kappa shape index (κ3) is 3.21. The molecule has 1 amide bonds. The lowest BCUT2D eigenvalue weighted by atomic mass is 10.2. The predicted octanol–water partition coefficient (Wildman–Crippen LogP) is 3.65. The van der Waals surface area contributed by atoms with Crippen LogP contribution in [-0.4, -0.2) is 11.1 Å². The Morgan fingerprint density at radius 3 is 2.89 bits per heavy atom. The van der Waals surface area contributed by atoms with Crippen LogP contribution in [0.25, 0.3) is 0 Å². The molecule has 0 fully saturated rings. The number of hydrogen-bond acceptors (Lipinski definition) is 3. The first kappa shape index (κ1) is 12.4. The Balaban J connectivity index is 2.05. The van der Waals surface area contributed by atoms with Crippen LogP contribution < -0.4 is 10.1 Å². The number of aryl methyl sites for hydroxylation is 1. The topological polar surface area (TPSA) is 51.2 Å². The number of halogens is 1. The first-order valence-corrected chi connectivity index (χ1v) is 5.69. The van der Waals surface area contributed by atoms with Gasteiger partial charge in [-0.15, -0.1) is 0 Å². The van der Waals surface area contributed by atoms with E-state index in [0.717, 1.165) is 5.56 Å². The number of benzene rings is 1. The van der Waals surface area contributed by atoms with E-state index in [4.69, 9.17) is 16.3 Å². The fourth-order valence-corrected chi connectivity index (χ4v) is 1.54. The van der Waals surface area contributed by atoms with Gasteiger partial charge in [0, 0.05) is 23.0 Å². The number of hydrogen-bond donors (Lipinski definition) is 1. The van der Waals surface area contributed by atoms with Crippen molar-refractivity contribution >= 4 is 23.4 Å². The van der Waals surface area contributed by atoms with Crippen molar-refractivity contribution in [3.63, 3.8) is 0 Å². The average molecular weight is 263 g/mol. The van der Waals surface area contributed by atoms with Gasteiger partial charge < -0.3 is 4.74 Å². The van der Waals surface area contributed by atoms with E-state index in [0.29, 0.717) is 10.7 Å². The Kier molecular flexibility index (Phi) is 3.79. The Labute approximate surface area is 110 Å². The van der Waals surface area contributed by atoms with Gasteiger partial charge in [0.15, 0.2) is 0 Å². The molecule has 92 valence electrons. The molecule has 2 rings (SSSR count). The molecular weight excluding hydrogens is 252 g/mol. The van der Waals surface area contributed by atoms with Crippen LogP contribution in [0.5, 0.6) is 5.88 Å². The Morgan fingerprint density at radius 2 is 2.17 bits per heavy atom. The van der Waals surface area contributed by atoms with E-state index < -0.39 is 6.09 Å². The number of anilines is 1. The van der Waals surface area contributed by atoms with Crippen molar-refractivity contribution in [1.82, 2.24) is 4.98 Å². The van der Waals surface area contributed by atoms with Crippen LogP contribution in [0.1, 0.15) is 5.56 Å². The van der Waals surface area contributed by atoms with Gasteiger partial charge in [0.2, 0.25) is 5.88 Å². The average Bonchev–Trinajstić information content (AvgIpc) is 2.35. The van der Waals surface area contributed by atoms with Crippen LogP contribution in [0.3, 0.4) is 0 Å². The van der Waals surface area contributed by atoms with Gasteiger partial charge in [-0.05, 0) is 30.7 Å². The number of rotatable bonds is 2. The lowest BCUT2D eigenvalue weighted by Crippen LogP contribution is -2.17. The maximum absolute atomic E-state index is 11.6. The zero-order chi connectivity index (χ0) is 13.0. The molecule has 1 aromatic carbocycles. The summed E-state index contributed by atoms with van der Waals surface area (Å²) in [5, 5.41) is 3.16. The molecule has 1 N–H and O–H groups in total. The zero-order valence-electron chi connectivity index (χ0n) is 9.68. The van der Waals surface area contributed by atoms with Gasteiger partial charge in [-0.2, -0.15) is 0 Å². The summed E-state index contributed by atoms with van der Waals surface area (Å²) in [7, 11) is 0. The highest BCUT2D eigenvalue weighted by molar-refractivity contribution is 6.31. The Morgan fingerprint density at radius 1 is 1.33 bits per heavy atom. The maximum atomic E-state index is 11.6. The van der Waals surface area contributed by atoms with Crippen molar-refractivity contribution in [3.05, 3.63) is 53.2 Å². The molecule has 4 nitrogen and oxygen atoms in total. The van der Waals surface area contributed by atoms with Crippen LogP contribution in [0.15, 0.2) is 42.6 Å². The van der Waals surface area contributed by atoms with Crippen LogP contribution in [0.2, 0.25) is 5.02 Å². The molecule has 0 bridgehead atoms. The van der Waals surface area contributed by atoms with E-state index in [1.807, 2.05) is 13.0 Å². The summed E-state index contributed by atoms with van der Waals surface area (Å²) in [4.78, 5) is 15.5. The van der Waals surface area contributed by atoms with Crippen molar-refractivity contribution in [1.29, 1.82) is 0 Å². The molecule has 0 aliphatic heterocycles. The van der Waals surface area contributed by atoms with E-state index in [1.54, 1.807) is 36.5 Å². The third-order valence-corrected chi connectivity index (χ3v) is 2.51. The number of carbonyl (C=O) groups excluding carboxylic acids is 1. The molecule has 0 aliphatic rings. The SMILES string of the molecule is Cc1ccc(Cl)cc1NC(=O)Oc1ccccn1. The highest BCUT2D eigenvalue weighted by Gasteiger charge is 2.07. The number of amides is 1. The van der Waals surface area contributed by atoms with E-state index in [9.17, 15) is 4.79 Å². The molecule has 18 heavy (non-hydrogen) atoms. The van der Waals surface area contributed by atoms with E-state index in [-0.39, 0.29) is 5.88 Å². The second-order valence-electron chi connectivity index (χ2n) is 3.64. The smallest absolute Gasteiger partial charge is 0.391 e. The van der Waals surface area contributed by atoms with Gasteiger partial charge in [0.1, 0.15) is 0 Å². The number of aromatic nitrogens is 1. The third-order valence-electron chi connectivity index (χ3n) is 2.27. The molecule has 0 saturated heterocycles. The minimum absolute atomic E-state index is 0.245. The number of nitrogens with one attached hydrogen (secondary N) is 1. The van der Waals surface area contributed by atoms with Crippen molar-refractivity contribution in [2.75, 3.05) is 5.32 Å². The van der Waals surface area contributed by atoms with Gasteiger partial charge in [0.25, 0.3) is 0 Å². The lowest BCUT2D eigenvalue weighted by Gasteiger charge is -2.08. The largest absolute Gasteiger partial charge is 0.418 e. The van der Waals surface area contributed by atoms with Crippen LogP contribution >= 0.6 is 11.6 Å². The number of pyridine rings is 1. The Hall–Kier alpha value is -2.07. The lowest BCUT2D eigenvalue weighted by molar-refractivity contribution is 0.213. The first-order chi connectivity index (χ1) is 8.65. The van der Waals surface area contributed by atoms with Gasteiger partial charge in [-0.3, -0.25) is 5.32 Å². The van der Waals surface area contributed by atoms with E-state index in [2.05, 4.69) is 10.3 Å². The number of ether oxygens (including phenoxy) is 1. The summed E-state index contributed by atoms with van der Waals surface area (Å²) < 4.78 is 5.01. The molecule has 1 aromatic heterocycles. The minimum atomic E-state index is -0.598. The summed E-state index contributed by atoms with van der Waals surface area (Å²) in [5.74, 6) is 0.245. The van der Waals surface area contributed by atoms with E-state index in [1.165, 1.54) is 0 Å². The zero-order valence-corrected chi connectivity index (χ0v) is 10.4. The van der Waals surface area contributed by atoms with Crippen molar-refractivity contribution in [2.24, 2.45) is 0 Å². The minimum Gasteiger partial charge on any atom is -0.391 e. The highest BCUT2D eigenvalue weighted by Crippen LogP contribution is 2.20. The molecule has 1 heterocycles. The molecule has 0 spiro atoms. The standard InChI is InChI=1S/C13H11ClN2O2/c1-9-5-6-10(14)8-11(9)16-13(17)18-12-4-2-3-7-15-12/h2-8H,1H3,(H,16,17). The highest BCUT2D eigenvalue weighted by atomic mass is 35.5. The monoisotopic (exact) mass is 262 g/mol. The number of nitrogens with zero attached hydrogens (tertiary/aromatic N) is 1. The summed E-state index contributed by atoms with van der Waals surface area (Å²) in [6.07, 6.45) is 0.951. The van der Waals surface area contributed by atoms with Crippen LogP contribution in [0.4, 0.5) is 10.5 Å². The summed E-state index contributed by atoms with van der Waals surface area (Å²) >= 11 is 5.86. The van der Waals surface area contributed by atoms with Crippen molar-refractivity contribution in [2.45, 2.75) is 6.92 Å². The van der Waals surface area contributed by atoms with Gasteiger partial charge in [-0.25, -0.2) is 9.78 Å². The van der Waals surface area contributed by atoms with Gasteiger partial charge in [0.05, 0.1) is 0 Å². The number of carbonyl (C=O) groups is 1. The molecule has 0 aliphatic carbocycles. The molecule has 0 radical (unpaired) electrons. The van der Waals surface area contributed by atoms with Crippen molar-refractivity contribution in [3.8, 4) is 5.88 Å². The molecule has 2 aromatic rings. The fourth-order valence-electron chi connectivity index (χ4n) is 1.37. The fraction of sp³-hybridized carbons (Fsp3) is 0.0769. The molecular formula is C13H11ClN2O2. The van der Waals surface area contributed by atoms with Crippen molar-refractivity contribution < 1.29 is 9.53 Å². The summed E-state index contributed by atoms with van der Waals surface area (Å²) in [6, 6.07) is 10.3. The molecule has 0 unspecified atom stereocenters. The second kappa shape index (κ2) is 5.51. The normalized spacial score (nSPS) is 9.89. The molecule has 0 saturated carbocycles. The van der Waals surface area contributed by atoms with E-state index >= 15 is 0 Å². The first-order valence-electron chi connectivity index (χ1n) is 5.31. The van der Waals surface area contributed by atoms with Crippen LogP contribution in [0, 0.1) is 6.92 Å². The quantitative estimate of drug-likeness (QED) is 0.899. The van der Waals surface area contributed by atoms with Gasteiger partial charge in [-0.1, -0.05) is 23.7 Å². The maximum Gasteiger partial charge on any atom is 0.418 e. The molecule has 5 heteroatoms. The molecule has 0 atom stereocenters.